The van der Waals surface area contributed by atoms with Crippen LogP contribution in [0.1, 0.15) is 17.3 Å². The summed E-state index contributed by atoms with van der Waals surface area (Å²) in [6, 6.07) is -1.70. The number of carbonyl (C=O) groups is 2. The van der Waals surface area contributed by atoms with Crippen molar-refractivity contribution in [3.63, 3.8) is 0 Å². The predicted molar refractivity (Wildman–Crippen MR) is 49.0 cm³/mol. The molecule has 0 saturated heterocycles. The minimum atomic E-state index is -5.12. The second-order valence-corrected chi connectivity index (χ2v) is 3.60. The van der Waals surface area contributed by atoms with E-state index in [0.717, 1.165) is 12.5 Å². The Morgan fingerprint density at radius 2 is 2.11 bits per heavy atom. The summed E-state index contributed by atoms with van der Waals surface area (Å²) in [6.45, 7) is -0.493. The van der Waals surface area contributed by atoms with E-state index in [-0.39, 0.29) is 16.2 Å². The largest absolute Gasteiger partial charge is 0.479 e. The molecule has 9 heteroatoms. The minimum absolute atomic E-state index is 0.00241. The Kier molecular flexibility index (Phi) is 2.68. The normalized spacial score (nSPS) is 18.6. The molecule has 0 saturated carbocycles. The highest BCUT2D eigenvalue weighted by Gasteiger charge is 2.50. The van der Waals surface area contributed by atoms with Crippen LogP contribution in [0.2, 0.25) is 0 Å². The van der Waals surface area contributed by atoms with E-state index in [1.54, 1.807) is 0 Å². The van der Waals surface area contributed by atoms with E-state index < -0.39 is 30.6 Å². The first kappa shape index (κ1) is 12.3. The van der Waals surface area contributed by atoms with Gasteiger partial charge in [0.05, 0.1) is 12.2 Å². The van der Waals surface area contributed by atoms with Crippen LogP contribution < -0.4 is 0 Å². The molecule has 1 aromatic heterocycles. The number of rotatable bonds is 1. The van der Waals surface area contributed by atoms with Gasteiger partial charge in [0.25, 0.3) is 0 Å². The molecule has 0 radical (unpaired) electrons. The van der Waals surface area contributed by atoms with Gasteiger partial charge in [-0.05, 0) is 0 Å². The highest BCUT2D eigenvalue weighted by molar-refractivity contribution is 5.89. The Labute approximate surface area is 98.1 Å². The number of aliphatic carboxylic acids is 1. The van der Waals surface area contributed by atoms with Gasteiger partial charge in [0.2, 0.25) is 0 Å². The molecule has 0 aliphatic carbocycles. The fraction of sp³-hybridized carbons (Fsp3) is 0.333. The van der Waals surface area contributed by atoms with E-state index in [4.69, 9.17) is 5.11 Å². The number of carboxylic acid groups (broad SMARTS) is 1. The summed E-state index contributed by atoms with van der Waals surface area (Å²) in [7, 11) is 0. The number of nitrogens with zero attached hydrogens (tertiary/aromatic N) is 3. The zero-order valence-electron chi connectivity index (χ0n) is 8.68. The lowest BCUT2D eigenvalue weighted by atomic mass is 10.1. The summed E-state index contributed by atoms with van der Waals surface area (Å²) in [4.78, 5) is 29.6. The number of carboxylic acids is 1. The predicted octanol–water partition coefficient (Wildman–Crippen LogP) is 0.507. The van der Waals surface area contributed by atoms with Crippen molar-refractivity contribution >= 4 is 11.9 Å². The van der Waals surface area contributed by atoms with Crippen LogP contribution in [-0.4, -0.2) is 38.0 Å². The van der Waals surface area contributed by atoms with Crippen molar-refractivity contribution < 1.29 is 27.9 Å². The molecule has 0 spiro atoms. The van der Waals surface area contributed by atoms with E-state index in [2.05, 4.69) is 9.97 Å². The fourth-order valence-electron chi connectivity index (χ4n) is 1.76. The highest BCUT2D eigenvalue weighted by atomic mass is 19.4. The number of carbonyl (C=O) groups excluding carboxylic acids is 1. The Hall–Kier alpha value is -2.19. The maximum atomic E-state index is 12.3. The number of alkyl halides is 3. The summed E-state index contributed by atoms with van der Waals surface area (Å²) in [5, 5.41) is 8.93. The molecule has 1 amide bonds. The van der Waals surface area contributed by atoms with E-state index in [0.29, 0.717) is 0 Å². The van der Waals surface area contributed by atoms with Gasteiger partial charge in [0.15, 0.2) is 6.04 Å². The van der Waals surface area contributed by atoms with E-state index in [1.807, 2.05) is 0 Å². The molecule has 1 atom stereocenters. The average Bonchev–Trinajstić information content (AvgIpc) is 2.65. The van der Waals surface area contributed by atoms with Crippen LogP contribution in [0.4, 0.5) is 13.2 Å². The lowest BCUT2D eigenvalue weighted by molar-refractivity contribution is -0.189. The number of hydrogen-bond donors (Lipinski definition) is 1. The van der Waals surface area contributed by atoms with E-state index >= 15 is 0 Å². The van der Waals surface area contributed by atoms with Crippen LogP contribution in [0.5, 0.6) is 0 Å². The van der Waals surface area contributed by atoms with E-state index in [9.17, 15) is 22.8 Å². The highest BCUT2D eigenvalue weighted by Crippen LogP contribution is 2.35. The smallest absolute Gasteiger partial charge is 0.471 e. The van der Waals surface area contributed by atoms with Crippen molar-refractivity contribution in [2.75, 3.05) is 0 Å². The van der Waals surface area contributed by atoms with Gasteiger partial charge in [0.1, 0.15) is 6.33 Å². The third-order valence-corrected chi connectivity index (χ3v) is 2.49. The van der Waals surface area contributed by atoms with Gasteiger partial charge in [-0.1, -0.05) is 0 Å². The Bertz CT molecular complexity index is 517. The Balaban J connectivity index is 2.42. The van der Waals surface area contributed by atoms with Gasteiger partial charge in [-0.3, -0.25) is 4.79 Å². The molecule has 2 heterocycles. The molecule has 0 bridgehead atoms. The molecule has 1 aliphatic rings. The number of aromatic nitrogens is 2. The standard InChI is InChI=1S/C9H6F3N3O3/c10-9(11,12)8(18)15-2-5-4(1-13-3-14-5)6(15)7(16)17/h1,3,6H,2H2,(H,16,17). The maximum Gasteiger partial charge on any atom is 0.471 e. The first-order chi connectivity index (χ1) is 8.32. The second kappa shape index (κ2) is 3.93. The average molecular weight is 261 g/mol. The van der Waals surface area contributed by atoms with Crippen LogP contribution in [0.15, 0.2) is 12.5 Å². The summed E-state index contributed by atoms with van der Waals surface area (Å²) < 4.78 is 37.0. The molecule has 6 nitrogen and oxygen atoms in total. The zero-order chi connectivity index (χ0) is 13.5. The van der Waals surface area contributed by atoms with E-state index in [1.165, 1.54) is 0 Å². The number of halogens is 3. The quantitative estimate of drug-likeness (QED) is 0.796. The Morgan fingerprint density at radius 1 is 1.44 bits per heavy atom. The summed E-state index contributed by atoms with van der Waals surface area (Å²) in [5.74, 6) is -3.76. The molecule has 0 aromatic carbocycles. The van der Waals surface area contributed by atoms with Gasteiger partial charge >= 0.3 is 18.1 Å². The fourth-order valence-corrected chi connectivity index (χ4v) is 1.76. The molecule has 96 valence electrons. The van der Waals surface area contributed by atoms with Gasteiger partial charge in [-0.25, -0.2) is 14.8 Å². The third kappa shape index (κ3) is 1.87. The monoisotopic (exact) mass is 261 g/mol. The first-order valence-electron chi connectivity index (χ1n) is 4.71. The number of fused-ring (bicyclic) bond motifs is 1. The number of hydrogen-bond acceptors (Lipinski definition) is 4. The summed E-state index contributed by atoms with van der Waals surface area (Å²) in [6.07, 6.45) is -2.94. The van der Waals surface area contributed by atoms with Gasteiger partial charge < -0.3 is 10.0 Å². The third-order valence-electron chi connectivity index (χ3n) is 2.49. The molecule has 18 heavy (non-hydrogen) atoms. The molecular formula is C9H6F3N3O3. The van der Waals surface area contributed by atoms with Gasteiger partial charge in [-0.15, -0.1) is 0 Å². The van der Waals surface area contributed by atoms with Crippen LogP contribution in [0.25, 0.3) is 0 Å². The summed E-state index contributed by atoms with van der Waals surface area (Å²) >= 11 is 0. The number of amides is 1. The van der Waals surface area contributed by atoms with Gasteiger partial charge in [-0.2, -0.15) is 13.2 Å². The molecule has 1 N–H and O–H groups in total. The van der Waals surface area contributed by atoms with Crippen LogP contribution in [-0.2, 0) is 16.1 Å². The van der Waals surface area contributed by atoms with Crippen LogP contribution >= 0.6 is 0 Å². The van der Waals surface area contributed by atoms with Crippen molar-refractivity contribution in [3.8, 4) is 0 Å². The first-order valence-corrected chi connectivity index (χ1v) is 4.71. The Morgan fingerprint density at radius 3 is 2.67 bits per heavy atom. The van der Waals surface area contributed by atoms with Crippen LogP contribution in [0, 0.1) is 0 Å². The van der Waals surface area contributed by atoms with Crippen molar-refractivity contribution in [1.82, 2.24) is 14.9 Å². The maximum absolute atomic E-state index is 12.3. The van der Waals surface area contributed by atoms with Crippen LogP contribution in [0.3, 0.4) is 0 Å². The summed E-state index contributed by atoms with van der Waals surface area (Å²) in [5.41, 5.74) is 0.109. The lowest BCUT2D eigenvalue weighted by Gasteiger charge is -2.22. The minimum Gasteiger partial charge on any atom is -0.479 e. The molecule has 1 unspecified atom stereocenters. The molecule has 2 rings (SSSR count). The lowest BCUT2D eigenvalue weighted by Crippen LogP contribution is -2.42. The molecule has 1 aliphatic heterocycles. The second-order valence-electron chi connectivity index (χ2n) is 3.60. The molecule has 0 fully saturated rings. The SMILES string of the molecule is O=C(O)C1c2cncnc2CN1C(=O)C(F)(F)F. The van der Waals surface area contributed by atoms with Crippen molar-refractivity contribution in [3.05, 3.63) is 23.8 Å². The van der Waals surface area contributed by atoms with Crippen molar-refractivity contribution in [2.24, 2.45) is 0 Å². The van der Waals surface area contributed by atoms with Gasteiger partial charge in [0, 0.05) is 11.8 Å². The molecule has 1 aromatic rings. The van der Waals surface area contributed by atoms with Crippen molar-refractivity contribution in [2.45, 2.75) is 18.8 Å². The topological polar surface area (TPSA) is 83.4 Å². The zero-order valence-corrected chi connectivity index (χ0v) is 8.68. The van der Waals surface area contributed by atoms with Crippen molar-refractivity contribution in [1.29, 1.82) is 0 Å². The molecular weight excluding hydrogens is 255 g/mol.